The van der Waals surface area contributed by atoms with E-state index in [1.807, 2.05) is 59.2 Å². The van der Waals surface area contributed by atoms with Gasteiger partial charge in [0, 0.05) is 31.9 Å². The maximum Gasteiger partial charge on any atom is 0.293 e. The summed E-state index contributed by atoms with van der Waals surface area (Å²) in [4.78, 5) is 26.8. The van der Waals surface area contributed by atoms with Gasteiger partial charge in [-0.15, -0.1) is 0 Å². The second-order valence-electron chi connectivity index (χ2n) is 7.79. The number of fused-ring (bicyclic) bond motifs is 3. The van der Waals surface area contributed by atoms with Crippen molar-refractivity contribution >= 4 is 74.0 Å². The van der Waals surface area contributed by atoms with Crippen molar-refractivity contribution in [3.05, 3.63) is 87.2 Å². The maximum atomic E-state index is 12.8. The highest BCUT2D eigenvalue weighted by atomic mass is 35.5. The van der Waals surface area contributed by atoms with Gasteiger partial charge >= 0.3 is 0 Å². The Bertz CT molecular complexity index is 1370. The van der Waals surface area contributed by atoms with E-state index in [1.165, 1.54) is 0 Å². The number of β-amino-alcohol motifs (C(OH)–C–C–N with tert-alkyl or cyclic N) is 1. The number of thioether (sulfide) groups is 1. The topological polar surface area (TPSA) is 62.5 Å². The normalized spacial score (nSPS) is 16.5. The van der Waals surface area contributed by atoms with Crippen molar-refractivity contribution in [2.45, 2.75) is 12.6 Å². The van der Waals surface area contributed by atoms with E-state index in [2.05, 4.69) is 0 Å². The molecule has 5 rings (SSSR count). The van der Waals surface area contributed by atoms with Gasteiger partial charge in [0.25, 0.3) is 11.1 Å². The number of carbonyl (C=O) groups is 2. The second-order valence-corrected chi connectivity index (χ2v) is 9.66. The number of aliphatic hydroxyl groups is 1. The number of amides is 2. The van der Waals surface area contributed by atoms with Gasteiger partial charge in [-0.25, -0.2) is 0 Å². The molecular formula is C25H18Cl2N2O3S. The van der Waals surface area contributed by atoms with Crippen molar-refractivity contribution in [1.29, 1.82) is 0 Å². The number of carbonyl (C=O) groups excluding carboxylic acids is 2. The SMILES string of the molecule is O=C1SC(=Cc2ccccc2)C(=O)N1CC(O)Cn1c2ccc(Cl)cc2c2cc(Cl)ccc21. The highest BCUT2D eigenvalue weighted by Crippen LogP contribution is 2.34. The number of rotatable bonds is 5. The van der Waals surface area contributed by atoms with Crippen LogP contribution in [0.5, 0.6) is 0 Å². The van der Waals surface area contributed by atoms with Crippen molar-refractivity contribution < 1.29 is 14.7 Å². The lowest BCUT2D eigenvalue weighted by Gasteiger charge is -2.19. The molecule has 1 saturated heterocycles. The predicted molar refractivity (Wildman–Crippen MR) is 135 cm³/mol. The van der Waals surface area contributed by atoms with Crippen LogP contribution in [0, 0.1) is 0 Å². The van der Waals surface area contributed by atoms with E-state index in [4.69, 9.17) is 23.2 Å². The number of aromatic nitrogens is 1. The van der Waals surface area contributed by atoms with Crippen molar-refractivity contribution in [2.24, 2.45) is 0 Å². The standard InChI is InChI=1S/C25H18Cl2N2O3S/c26-16-6-8-21-19(11-16)20-12-17(27)7-9-22(20)28(21)13-18(30)14-29-24(31)23(33-25(29)32)10-15-4-2-1-3-5-15/h1-12,18,30H,13-14H2. The number of hydrogen-bond donors (Lipinski definition) is 1. The summed E-state index contributed by atoms with van der Waals surface area (Å²) in [6, 6.07) is 20.4. The van der Waals surface area contributed by atoms with E-state index in [9.17, 15) is 14.7 Å². The van der Waals surface area contributed by atoms with Crippen LogP contribution in [0.4, 0.5) is 4.79 Å². The Kier molecular flexibility index (Phi) is 5.93. The van der Waals surface area contributed by atoms with Crippen LogP contribution >= 0.6 is 35.0 Å². The zero-order valence-electron chi connectivity index (χ0n) is 17.2. The Labute approximate surface area is 204 Å². The average molecular weight is 497 g/mol. The highest BCUT2D eigenvalue weighted by Gasteiger charge is 2.36. The van der Waals surface area contributed by atoms with E-state index in [1.54, 1.807) is 18.2 Å². The molecule has 2 amide bonds. The number of nitrogens with zero attached hydrogens (tertiary/aromatic N) is 2. The summed E-state index contributed by atoms with van der Waals surface area (Å²) >= 11 is 13.3. The molecular weight excluding hydrogens is 479 g/mol. The molecule has 0 spiro atoms. The molecule has 1 aliphatic rings. The summed E-state index contributed by atoms with van der Waals surface area (Å²) in [6.45, 7) is 0.0991. The fourth-order valence-electron chi connectivity index (χ4n) is 4.08. The Balaban J connectivity index is 1.41. The molecule has 3 aromatic carbocycles. The summed E-state index contributed by atoms with van der Waals surface area (Å²) in [5, 5.41) is 13.5. The Morgan fingerprint density at radius 2 is 1.48 bits per heavy atom. The van der Waals surface area contributed by atoms with Gasteiger partial charge in [0.2, 0.25) is 0 Å². The van der Waals surface area contributed by atoms with Crippen LogP contribution in [-0.4, -0.2) is 38.4 Å². The van der Waals surface area contributed by atoms with Crippen LogP contribution in [0.25, 0.3) is 27.9 Å². The first-order valence-corrected chi connectivity index (χ1v) is 11.8. The van der Waals surface area contributed by atoms with Gasteiger partial charge in [-0.05, 0) is 59.8 Å². The quantitative estimate of drug-likeness (QED) is 0.334. The minimum absolute atomic E-state index is 0.0981. The second kappa shape index (κ2) is 8.88. The van der Waals surface area contributed by atoms with Crippen molar-refractivity contribution in [3.63, 3.8) is 0 Å². The van der Waals surface area contributed by atoms with Crippen LogP contribution < -0.4 is 0 Å². The molecule has 1 fully saturated rings. The van der Waals surface area contributed by atoms with Gasteiger partial charge in [-0.1, -0.05) is 53.5 Å². The Morgan fingerprint density at radius 1 is 0.879 bits per heavy atom. The van der Waals surface area contributed by atoms with Crippen LogP contribution in [0.3, 0.4) is 0 Å². The third-order valence-corrected chi connectivity index (χ3v) is 6.92. The first kappa shape index (κ1) is 22.0. The van der Waals surface area contributed by atoms with Crippen molar-refractivity contribution in [3.8, 4) is 0 Å². The Hall–Kier alpha value is -2.77. The summed E-state index contributed by atoms with van der Waals surface area (Å²) in [5.41, 5.74) is 2.61. The third kappa shape index (κ3) is 4.27. The largest absolute Gasteiger partial charge is 0.389 e. The minimum Gasteiger partial charge on any atom is -0.389 e. The Morgan fingerprint density at radius 3 is 2.09 bits per heavy atom. The third-order valence-electron chi connectivity index (χ3n) is 5.55. The van der Waals surface area contributed by atoms with Crippen molar-refractivity contribution in [2.75, 3.05) is 6.54 Å². The fraction of sp³-hybridized carbons (Fsp3) is 0.120. The molecule has 1 N–H and O–H groups in total. The van der Waals surface area contributed by atoms with Gasteiger partial charge in [-0.3, -0.25) is 14.5 Å². The molecule has 166 valence electrons. The molecule has 0 radical (unpaired) electrons. The molecule has 8 heteroatoms. The molecule has 33 heavy (non-hydrogen) atoms. The minimum atomic E-state index is -0.959. The van der Waals surface area contributed by atoms with E-state index in [-0.39, 0.29) is 18.3 Å². The first-order valence-electron chi connectivity index (χ1n) is 10.3. The fourth-order valence-corrected chi connectivity index (χ4v) is 5.27. The highest BCUT2D eigenvalue weighted by molar-refractivity contribution is 8.18. The lowest BCUT2D eigenvalue weighted by Crippen LogP contribution is -2.37. The van der Waals surface area contributed by atoms with E-state index in [0.717, 1.165) is 44.0 Å². The van der Waals surface area contributed by atoms with E-state index < -0.39 is 12.0 Å². The predicted octanol–water partition coefficient (Wildman–Crippen LogP) is 6.20. The number of halogens is 2. The lowest BCUT2D eigenvalue weighted by atomic mass is 10.1. The molecule has 1 atom stereocenters. The molecule has 5 nitrogen and oxygen atoms in total. The van der Waals surface area contributed by atoms with E-state index in [0.29, 0.717) is 15.0 Å². The van der Waals surface area contributed by atoms with Gasteiger partial charge < -0.3 is 9.67 Å². The van der Waals surface area contributed by atoms with Gasteiger partial charge in [0.15, 0.2) is 0 Å². The van der Waals surface area contributed by atoms with Crippen LogP contribution in [0.15, 0.2) is 71.6 Å². The van der Waals surface area contributed by atoms with Gasteiger partial charge in [0.05, 0.1) is 24.1 Å². The van der Waals surface area contributed by atoms with Crippen LogP contribution in [0.2, 0.25) is 10.0 Å². The summed E-state index contributed by atoms with van der Waals surface area (Å²) in [6.07, 6.45) is 0.734. The summed E-state index contributed by atoms with van der Waals surface area (Å²) in [7, 11) is 0. The molecule has 0 saturated carbocycles. The number of hydrogen-bond acceptors (Lipinski definition) is 4. The monoisotopic (exact) mass is 496 g/mol. The number of aliphatic hydroxyl groups excluding tert-OH is 1. The number of benzene rings is 3. The molecule has 0 aliphatic carbocycles. The first-order chi connectivity index (χ1) is 15.9. The molecule has 1 aliphatic heterocycles. The van der Waals surface area contributed by atoms with Crippen LogP contribution in [-0.2, 0) is 11.3 Å². The summed E-state index contributed by atoms with van der Waals surface area (Å²) in [5.74, 6) is -0.395. The maximum absolute atomic E-state index is 12.8. The number of imide groups is 1. The molecule has 1 aromatic heterocycles. The van der Waals surface area contributed by atoms with Gasteiger partial charge in [0.1, 0.15) is 0 Å². The van der Waals surface area contributed by atoms with E-state index >= 15 is 0 Å². The van der Waals surface area contributed by atoms with Crippen LogP contribution in [0.1, 0.15) is 5.56 Å². The van der Waals surface area contributed by atoms with Crippen molar-refractivity contribution in [1.82, 2.24) is 9.47 Å². The zero-order chi connectivity index (χ0) is 23.1. The smallest absolute Gasteiger partial charge is 0.293 e. The molecule has 1 unspecified atom stereocenters. The average Bonchev–Trinajstić information content (AvgIpc) is 3.22. The lowest BCUT2D eigenvalue weighted by molar-refractivity contribution is -0.123. The van der Waals surface area contributed by atoms with Gasteiger partial charge in [-0.2, -0.15) is 0 Å². The molecule has 0 bridgehead atoms. The zero-order valence-corrected chi connectivity index (χ0v) is 19.6. The summed E-state index contributed by atoms with van der Waals surface area (Å²) < 4.78 is 1.96. The molecule has 2 heterocycles. The molecule has 4 aromatic rings.